The maximum absolute atomic E-state index is 2.38. The van der Waals surface area contributed by atoms with Crippen molar-refractivity contribution in [2.45, 2.75) is 62.0 Å². The van der Waals surface area contributed by atoms with Crippen LogP contribution in [0.4, 0.5) is 0 Å². The Kier molecular flexibility index (Phi) is 15.9. The molecule has 0 amide bonds. The van der Waals surface area contributed by atoms with E-state index in [2.05, 4.69) is 182 Å². The van der Waals surface area contributed by atoms with E-state index in [1.165, 1.54) is 106 Å². The summed E-state index contributed by atoms with van der Waals surface area (Å²) in [4.78, 5) is 0. The number of hydrogen-bond donors (Lipinski definition) is 0. The van der Waals surface area contributed by atoms with Crippen molar-refractivity contribution in [3.05, 3.63) is 182 Å². The van der Waals surface area contributed by atoms with Gasteiger partial charge in [-0.25, -0.2) is 0 Å². The SMILES string of the molecule is c1ccc([P+](CCCCCC[Se][Se]CCCCCC[P+](c2ccccc2)(c2ccccc2)c2ccccc2)(c2ccccc2)c2ccccc2)cc1. The number of hydrogen-bond acceptors (Lipinski definition) is 0. The number of rotatable bonds is 21. The molecule has 4 heteroatoms. The first-order valence-corrected chi connectivity index (χ1v) is 29.9. The molecule has 0 aliphatic heterocycles. The van der Waals surface area contributed by atoms with E-state index >= 15 is 0 Å². The topological polar surface area (TPSA) is 0 Å². The van der Waals surface area contributed by atoms with Gasteiger partial charge in [0.25, 0.3) is 0 Å². The Balaban J connectivity index is 0.926. The summed E-state index contributed by atoms with van der Waals surface area (Å²) in [5.74, 6) is 0. The van der Waals surface area contributed by atoms with Gasteiger partial charge in [-0.15, -0.1) is 0 Å². The first-order chi connectivity index (χ1) is 25.8. The van der Waals surface area contributed by atoms with Crippen LogP contribution in [0.1, 0.15) is 51.4 Å². The van der Waals surface area contributed by atoms with E-state index in [0.29, 0.717) is 0 Å². The molecule has 0 bridgehead atoms. The molecule has 6 aromatic rings. The van der Waals surface area contributed by atoms with Gasteiger partial charge in [-0.05, 0) is 0 Å². The van der Waals surface area contributed by atoms with Gasteiger partial charge in [0.1, 0.15) is 0 Å². The molecule has 0 saturated heterocycles. The van der Waals surface area contributed by atoms with Crippen molar-refractivity contribution in [2.75, 3.05) is 12.3 Å². The van der Waals surface area contributed by atoms with Crippen LogP contribution >= 0.6 is 14.5 Å². The van der Waals surface area contributed by atoms with Gasteiger partial charge in [-0.3, -0.25) is 0 Å². The molecule has 0 atom stereocenters. The van der Waals surface area contributed by atoms with Gasteiger partial charge in [0.15, 0.2) is 0 Å². The summed E-state index contributed by atoms with van der Waals surface area (Å²) >= 11 is 1.72. The normalized spacial score (nSPS) is 11.8. The van der Waals surface area contributed by atoms with Crippen LogP contribution in [-0.4, -0.2) is 38.6 Å². The Hall–Kier alpha value is -2.78. The summed E-state index contributed by atoms with van der Waals surface area (Å²) in [6, 6.07) is 68.3. The Morgan fingerprint density at radius 1 is 0.250 bits per heavy atom. The first-order valence-electron chi connectivity index (χ1n) is 19.2. The molecule has 0 nitrogen and oxygen atoms in total. The summed E-state index contributed by atoms with van der Waals surface area (Å²) in [5, 5.41) is 12.0. The summed E-state index contributed by atoms with van der Waals surface area (Å²) in [6.07, 6.45) is 13.4. The summed E-state index contributed by atoms with van der Waals surface area (Å²) in [6.45, 7) is 0. The molecule has 6 rings (SSSR count). The zero-order valence-corrected chi connectivity index (χ0v) is 35.7. The van der Waals surface area contributed by atoms with Gasteiger partial charge in [-0.2, -0.15) is 0 Å². The minimum absolute atomic E-state index is 0.858. The molecule has 0 radical (unpaired) electrons. The third-order valence-electron chi connectivity index (χ3n) is 10.2. The van der Waals surface area contributed by atoms with Crippen molar-refractivity contribution in [3.63, 3.8) is 0 Å². The molecule has 266 valence electrons. The minimum atomic E-state index is -1.68. The van der Waals surface area contributed by atoms with Crippen molar-refractivity contribution in [2.24, 2.45) is 0 Å². The molecule has 0 aliphatic carbocycles. The van der Waals surface area contributed by atoms with Gasteiger partial charge < -0.3 is 0 Å². The predicted molar refractivity (Wildman–Crippen MR) is 238 cm³/mol. The van der Waals surface area contributed by atoms with Crippen LogP contribution in [-0.2, 0) is 0 Å². The Morgan fingerprint density at radius 2 is 0.462 bits per heavy atom. The zero-order valence-electron chi connectivity index (χ0n) is 30.5. The van der Waals surface area contributed by atoms with E-state index in [0.717, 1.165) is 26.3 Å². The van der Waals surface area contributed by atoms with E-state index in [1.807, 2.05) is 0 Å². The van der Waals surface area contributed by atoms with Crippen molar-refractivity contribution in [1.29, 1.82) is 0 Å². The summed E-state index contributed by atoms with van der Waals surface area (Å²) in [7, 11) is -3.37. The quantitative estimate of drug-likeness (QED) is 0.0385. The average molecular weight is 851 g/mol. The van der Waals surface area contributed by atoms with Crippen LogP contribution in [0.3, 0.4) is 0 Å². The van der Waals surface area contributed by atoms with Crippen LogP contribution in [0.2, 0.25) is 10.6 Å². The van der Waals surface area contributed by atoms with Crippen molar-refractivity contribution in [3.8, 4) is 0 Å². The van der Waals surface area contributed by atoms with Gasteiger partial charge in [0, 0.05) is 0 Å². The van der Waals surface area contributed by atoms with E-state index in [4.69, 9.17) is 0 Å². The number of unbranched alkanes of at least 4 members (excludes halogenated alkanes) is 6. The predicted octanol–water partition coefficient (Wildman–Crippen LogP) is 10.3. The van der Waals surface area contributed by atoms with Crippen molar-refractivity contribution >= 4 is 72.6 Å². The monoisotopic (exact) mass is 852 g/mol. The standard InChI is InChI=1S/C48H54P2Se2/c1(23-39-49(43-27-11-5-12-28-43,44-29-13-6-14-30-44)45-31-15-7-16-32-45)3-25-41-51-52-42-26-4-2-24-40-50(46-33-17-8-18-34-46,47-35-19-9-20-36-47)48-37-21-10-22-38-48/h5-22,27-38H,1-4,23-26,39-42H2/q+2. The van der Waals surface area contributed by atoms with Crippen LogP contribution in [0, 0.1) is 0 Å². The summed E-state index contributed by atoms with van der Waals surface area (Å²) in [5.41, 5.74) is 0. The van der Waals surface area contributed by atoms with Gasteiger partial charge in [-0.1, -0.05) is 0 Å². The van der Waals surface area contributed by atoms with E-state index in [-0.39, 0.29) is 0 Å². The van der Waals surface area contributed by atoms with Crippen LogP contribution in [0.5, 0.6) is 0 Å². The van der Waals surface area contributed by atoms with E-state index in [9.17, 15) is 0 Å². The molecule has 0 aromatic heterocycles. The molecule has 0 N–H and O–H groups in total. The fraction of sp³-hybridized carbons (Fsp3) is 0.250. The van der Waals surface area contributed by atoms with Gasteiger partial charge >= 0.3 is 329 Å². The average Bonchev–Trinajstić information content (AvgIpc) is 3.23. The molecule has 52 heavy (non-hydrogen) atoms. The van der Waals surface area contributed by atoms with E-state index < -0.39 is 14.5 Å². The fourth-order valence-electron chi connectivity index (χ4n) is 7.61. The third-order valence-corrected chi connectivity index (χ3v) is 27.0. The second kappa shape index (κ2) is 21.2. The molecule has 0 aliphatic rings. The van der Waals surface area contributed by atoms with Crippen LogP contribution in [0.25, 0.3) is 0 Å². The summed E-state index contributed by atoms with van der Waals surface area (Å²) < 4.78 is 0. The Bertz CT molecular complexity index is 1490. The molecule has 0 fully saturated rings. The van der Waals surface area contributed by atoms with E-state index in [1.54, 1.807) is 0 Å². The molecule has 0 saturated carbocycles. The van der Waals surface area contributed by atoms with Crippen molar-refractivity contribution < 1.29 is 0 Å². The second-order valence-electron chi connectivity index (χ2n) is 13.6. The Morgan fingerprint density at radius 3 is 0.692 bits per heavy atom. The molecule has 0 unspecified atom stereocenters. The molecular formula is C48H54P2Se2+2. The maximum atomic E-state index is 2.38. The zero-order chi connectivity index (χ0) is 35.6. The van der Waals surface area contributed by atoms with Crippen molar-refractivity contribution in [1.82, 2.24) is 0 Å². The first kappa shape index (κ1) is 38.9. The van der Waals surface area contributed by atoms with Gasteiger partial charge in [0.2, 0.25) is 0 Å². The van der Waals surface area contributed by atoms with Gasteiger partial charge in [0.05, 0.1) is 0 Å². The molecule has 0 spiro atoms. The van der Waals surface area contributed by atoms with Crippen LogP contribution in [0.15, 0.2) is 182 Å². The fourth-order valence-corrected chi connectivity index (χ4v) is 23.4. The Labute approximate surface area is 326 Å². The second-order valence-corrected chi connectivity index (χ2v) is 28.6. The van der Waals surface area contributed by atoms with Crippen LogP contribution < -0.4 is 31.8 Å². The molecular weight excluding hydrogens is 796 g/mol. The number of benzene rings is 6. The third kappa shape index (κ3) is 10.0. The molecule has 6 aromatic carbocycles. The molecule has 0 heterocycles.